The van der Waals surface area contributed by atoms with E-state index in [2.05, 4.69) is 28.8 Å². The molecular weight excluding hydrogens is 226 g/mol. The minimum atomic E-state index is 0.0810. The van der Waals surface area contributed by atoms with Crippen LogP contribution in [0.25, 0.3) is 0 Å². The summed E-state index contributed by atoms with van der Waals surface area (Å²) in [7, 11) is 0. The fourth-order valence-corrected chi connectivity index (χ4v) is 3.48. The van der Waals surface area contributed by atoms with Gasteiger partial charge in [0.2, 0.25) is 0 Å². The first-order chi connectivity index (χ1) is 7.24. The second-order valence-corrected chi connectivity index (χ2v) is 5.20. The maximum atomic E-state index is 5.63. The van der Waals surface area contributed by atoms with Crippen molar-refractivity contribution in [3.05, 3.63) is 38.0 Å². The Hall–Kier alpha value is -0.750. The molecule has 1 unspecified atom stereocenters. The van der Waals surface area contributed by atoms with Crippen LogP contribution in [0.15, 0.2) is 17.0 Å². The predicted octanol–water partition coefficient (Wildman–Crippen LogP) is 2.37. The normalized spacial score (nSPS) is 13.0. The number of hydrazine groups is 1. The molecule has 0 bridgehead atoms. The molecule has 0 saturated carbocycles. The summed E-state index contributed by atoms with van der Waals surface area (Å²) in [5.41, 5.74) is 7.05. The molecule has 2 aromatic rings. The molecule has 0 aromatic carbocycles. The van der Waals surface area contributed by atoms with Crippen molar-refractivity contribution in [2.75, 3.05) is 0 Å². The van der Waals surface area contributed by atoms with Gasteiger partial charge in [0.25, 0.3) is 0 Å². The smallest absolute Gasteiger partial charge is 0.0915 e. The van der Waals surface area contributed by atoms with Crippen LogP contribution in [0.1, 0.15) is 27.1 Å². The highest BCUT2D eigenvalue weighted by Crippen LogP contribution is 2.32. The van der Waals surface area contributed by atoms with E-state index in [-0.39, 0.29) is 6.04 Å². The summed E-state index contributed by atoms with van der Waals surface area (Å²) in [4.78, 5) is 6.72. The number of aryl methyl sites for hydroxylation is 2. The van der Waals surface area contributed by atoms with E-state index in [0.29, 0.717) is 0 Å². The molecule has 0 radical (unpaired) electrons. The van der Waals surface area contributed by atoms with Gasteiger partial charge in [-0.15, -0.1) is 22.7 Å². The molecule has 3 N–H and O–H groups in total. The molecule has 3 nitrogen and oxygen atoms in total. The standard InChI is InChI=1S/C10H13N3S2/c1-6-3-4-14-9(6)8(13-11)10-7(2)12-5-15-10/h3-5,8,13H,11H2,1-2H3. The number of hydrogen-bond donors (Lipinski definition) is 2. The van der Waals surface area contributed by atoms with E-state index in [4.69, 9.17) is 5.84 Å². The molecule has 0 spiro atoms. The molecule has 0 saturated heterocycles. The van der Waals surface area contributed by atoms with Crippen molar-refractivity contribution >= 4 is 22.7 Å². The summed E-state index contributed by atoms with van der Waals surface area (Å²) in [6, 6.07) is 2.19. The van der Waals surface area contributed by atoms with Gasteiger partial charge in [-0.2, -0.15) is 0 Å². The topological polar surface area (TPSA) is 50.9 Å². The SMILES string of the molecule is Cc1ccsc1C(NN)c1scnc1C. The first-order valence-corrected chi connectivity index (χ1v) is 6.40. The van der Waals surface area contributed by atoms with Crippen molar-refractivity contribution in [1.29, 1.82) is 0 Å². The maximum absolute atomic E-state index is 5.63. The Kier molecular flexibility index (Phi) is 3.16. The highest BCUT2D eigenvalue weighted by atomic mass is 32.1. The van der Waals surface area contributed by atoms with Gasteiger partial charge in [-0.1, -0.05) is 0 Å². The lowest BCUT2D eigenvalue weighted by molar-refractivity contribution is 0.649. The van der Waals surface area contributed by atoms with Crippen LogP contribution >= 0.6 is 22.7 Å². The molecular formula is C10H13N3S2. The molecule has 80 valence electrons. The van der Waals surface area contributed by atoms with E-state index in [0.717, 1.165) is 5.69 Å². The summed E-state index contributed by atoms with van der Waals surface area (Å²) in [5.74, 6) is 5.63. The van der Waals surface area contributed by atoms with Gasteiger partial charge >= 0.3 is 0 Å². The van der Waals surface area contributed by atoms with E-state index >= 15 is 0 Å². The molecule has 0 aliphatic carbocycles. The Bertz CT molecular complexity index is 407. The van der Waals surface area contributed by atoms with Crippen molar-refractivity contribution in [1.82, 2.24) is 10.4 Å². The molecule has 2 rings (SSSR count). The third-order valence-corrected chi connectivity index (χ3v) is 4.46. The fraction of sp³-hybridized carbons (Fsp3) is 0.300. The number of hydrogen-bond acceptors (Lipinski definition) is 5. The zero-order valence-corrected chi connectivity index (χ0v) is 10.3. The van der Waals surface area contributed by atoms with Crippen LogP contribution in [0.5, 0.6) is 0 Å². The molecule has 0 aliphatic rings. The van der Waals surface area contributed by atoms with Crippen LogP contribution in [-0.2, 0) is 0 Å². The van der Waals surface area contributed by atoms with E-state index in [9.17, 15) is 0 Å². The molecule has 1 atom stereocenters. The van der Waals surface area contributed by atoms with E-state index in [1.165, 1.54) is 15.3 Å². The van der Waals surface area contributed by atoms with E-state index in [1.54, 1.807) is 22.7 Å². The Balaban J connectivity index is 2.41. The van der Waals surface area contributed by atoms with Crippen molar-refractivity contribution < 1.29 is 0 Å². The lowest BCUT2D eigenvalue weighted by atomic mass is 10.1. The van der Waals surface area contributed by atoms with Crippen LogP contribution in [-0.4, -0.2) is 4.98 Å². The Morgan fingerprint density at radius 2 is 2.13 bits per heavy atom. The summed E-state index contributed by atoms with van der Waals surface area (Å²) in [5, 5.41) is 2.09. The lowest BCUT2D eigenvalue weighted by Crippen LogP contribution is -2.28. The number of nitrogens with one attached hydrogen (secondary N) is 1. The van der Waals surface area contributed by atoms with Gasteiger partial charge in [0.05, 0.1) is 22.1 Å². The molecule has 0 amide bonds. The van der Waals surface area contributed by atoms with Gasteiger partial charge in [0.15, 0.2) is 0 Å². The Morgan fingerprint density at radius 1 is 1.33 bits per heavy atom. The third-order valence-electron chi connectivity index (χ3n) is 2.38. The van der Waals surface area contributed by atoms with Crippen molar-refractivity contribution in [3.63, 3.8) is 0 Å². The quantitative estimate of drug-likeness (QED) is 0.638. The minimum Gasteiger partial charge on any atom is -0.271 e. The van der Waals surface area contributed by atoms with Crippen LogP contribution in [0.3, 0.4) is 0 Å². The highest BCUT2D eigenvalue weighted by Gasteiger charge is 2.19. The summed E-state index contributed by atoms with van der Waals surface area (Å²) >= 11 is 3.37. The number of nitrogens with zero attached hydrogens (tertiary/aromatic N) is 1. The number of thiazole rings is 1. The second kappa shape index (κ2) is 4.40. The zero-order chi connectivity index (χ0) is 10.8. The number of nitrogens with two attached hydrogens (primary N) is 1. The van der Waals surface area contributed by atoms with Crippen LogP contribution in [0.4, 0.5) is 0 Å². The molecule has 0 fully saturated rings. The molecule has 5 heteroatoms. The third kappa shape index (κ3) is 1.96. The number of thiophene rings is 1. The Morgan fingerprint density at radius 3 is 2.60 bits per heavy atom. The lowest BCUT2D eigenvalue weighted by Gasteiger charge is -2.14. The van der Waals surface area contributed by atoms with Gasteiger partial charge in [-0.25, -0.2) is 10.4 Å². The van der Waals surface area contributed by atoms with Gasteiger partial charge in [-0.3, -0.25) is 5.84 Å². The molecule has 2 heterocycles. The highest BCUT2D eigenvalue weighted by molar-refractivity contribution is 7.11. The number of aromatic nitrogens is 1. The van der Waals surface area contributed by atoms with E-state index < -0.39 is 0 Å². The summed E-state index contributed by atoms with van der Waals surface area (Å²) in [6.07, 6.45) is 0. The van der Waals surface area contributed by atoms with Crippen LogP contribution in [0, 0.1) is 13.8 Å². The first-order valence-electron chi connectivity index (χ1n) is 4.64. The fourth-order valence-electron chi connectivity index (χ4n) is 1.54. The van der Waals surface area contributed by atoms with Crippen molar-refractivity contribution in [3.8, 4) is 0 Å². The Labute approximate surface area is 96.9 Å². The average Bonchev–Trinajstić information content (AvgIpc) is 2.80. The van der Waals surface area contributed by atoms with Crippen molar-refractivity contribution in [2.24, 2.45) is 5.84 Å². The molecule has 15 heavy (non-hydrogen) atoms. The molecule has 0 aliphatic heterocycles. The van der Waals surface area contributed by atoms with Crippen LogP contribution < -0.4 is 11.3 Å². The zero-order valence-electron chi connectivity index (χ0n) is 8.65. The van der Waals surface area contributed by atoms with Gasteiger partial charge < -0.3 is 0 Å². The second-order valence-electron chi connectivity index (χ2n) is 3.37. The monoisotopic (exact) mass is 239 g/mol. The summed E-state index contributed by atoms with van der Waals surface area (Å²) in [6.45, 7) is 4.12. The maximum Gasteiger partial charge on any atom is 0.0915 e. The summed E-state index contributed by atoms with van der Waals surface area (Å²) < 4.78 is 0. The molecule has 2 aromatic heterocycles. The first kappa shape index (κ1) is 10.8. The number of rotatable bonds is 3. The van der Waals surface area contributed by atoms with Gasteiger partial charge in [0.1, 0.15) is 0 Å². The van der Waals surface area contributed by atoms with E-state index in [1.807, 2.05) is 12.4 Å². The average molecular weight is 239 g/mol. The minimum absolute atomic E-state index is 0.0810. The van der Waals surface area contributed by atoms with Gasteiger partial charge in [-0.05, 0) is 30.9 Å². The van der Waals surface area contributed by atoms with Gasteiger partial charge in [0, 0.05) is 4.88 Å². The van der Waals surface area contributed by atoms with Crippen molar-refractivity contribution in [2.45, 2.75) is 19.9 Å². The van der Waals surface area contributed by atoms with Crippen LogP contribution in [0.2, 0.25) is 0 Å². The predicted molar refractivity (Wildman–Crippen MR) is 65.1 cm³/mol. The largest absolute Gasteiger partial charge is 0.271 e.